The topological polar surface area (TPSA) is 497 Å². The number of phenols is 1. The van der Waals surface area contributed by atoms with Crippen LogP contribution < -0.4 is 43.4 Å². The molecule has 9 amide bonds. The van der Waals surface area contributed by atoms with Crippen LogP contribution in [0.4, 0.5) is 0 Å². The van der Waals surface area contributed by atoms with E-state index in [1.165, 1.54) is 35.7 Å². The van der Waals surface area contributed by atoms with E-state index in [9.17, 15) is 73.2 Å². The summed E-state index contributed by atoms with van der Waals surface area (Å²) in [5.74, 6) is -14.0. The third-order valence-electron chi connectivity index (χ3n) is 17.8. The van der Waals surface area contributed by atoms with E-state index in [0.29, 0.717) is 108 Å². The maximum absolute atomic E-state index is 15.3. The van der Waals surface area contributed by atoms with Crippen LogP contribution in [0.2, 0.25) is 0 Å². The highest BCUT2D eigenvalue weighted by molar-refractivity contribution is 7.98. The van der Waals surface area contributed by atoms with Crippen molar-refractivity contribution < 1.29 is 111 Å². The number of hydrogen-bond acceptors (Lipinski definition) is 26. The molecule has 2 fully saturated rings. The molecule has 2 aromatic rings. The highest BCUT2D eigenvalue weighted by atomic mass is 32.2. The van der Waals surface area contributed by atoms with Crippen molar-refractivity contribution in [2.24, 2.45) is 41.1 Å². The van der Waals surface area contributed by atoms with Gasteiger partial charge < -0.3 is 107 Å². The fraction of sp³-hybridized carbons (Fsp3) is 0.682. The van der Waals surface area contributed by atoms with Crippen molar-refractivity contribution in [2.45, 2.75) is 120 Å². The van der Waals surface area contributed by atoms with Crippen LogP contribution in [0.1, 0.15) is 77.3 Å². The number of imide groups is 1. The SMILES string of the molecule is CC[C@H](C)[C@@H]1CC(=O)CNC(=O)[C@H]2CC(=O)[C@H]([C@@H](C)[C@@H](O)CO)NC(=O)[C@@H]3C[C@@H](O)CN3C(=O)[C@H](CC(N)=O)NC(=O)[C@@H](CS(=O)c3[nH]c4c(CSCCOCCOCCOCCOCCOCCOCCOCCN/C=C(\N)CN5C(=O)CC(C)C5=O)c(O)ccc4c3C2)NC(=O)CNC1=O. The number of benzene rings is 1. The van der Waals surface area contributed by atoms with Crippen molar-refractivity contribution in [1.29, 1.82) is 0 Å². The minimum Gasteiger partial charge on any atom is -0.508 e. The van der Waals surface area contributed by atoms with E-state index in [-0.39, 0.29) is 78.1 Å². The Balaban J connectivity index is 1.05. The van der Waals surface area contributed by atoms with Crippen LogP contribution in [0, 0.1) is 29.6 Å². The van der Waals surface area contributed by atoms with Gasteiger partial charge in [0.2, 0.25) is 53.2 Å². The number of aliphatic hydroxyl groups is 3. The molecule has 2 unspecified atom stereocenters. The molecule has 15 N–H and O–H groups in total. The van der Waals surface area contributed by atoms with E-state index in [0.717, 1.165) is 4.90 Å². The summed E-state index contributed by atoms with van der Waals surface area (Å²) in [6.07, 6.45) is -3.74. The van der Waals surface area contributed by atoms with E-state index in [2.05, 4.69) is 36.9 Å². The van der Waals surface area contributed by atoms with E-state index >= 15 is 4.21 Å². The average Bonchev–Trinajstić information content (AvgIpc) is 1.60. The second-order valence-corrected chi connectivity index (χ2v) is 28.0. The number of aromatic hydroxyl groups is 1. The highest BCUT2D eigenvalue weighted by Gasteiger charge is 2.45. The number of thioether (sulfide) groups is 1. The number of nitrogens with one attached hydrogen (secondary N) is 7. The number of aliphatic hydroxyl groups excluding tert-OH is 3. The van der Waals surface area contributed by atoms with Gasteiger partial charge in [0.25, 0.3) is 0 Å². The van der Waals surface area contributed by atoms with Crippen molar-refractivity contribution in [2.75, 3.05) is 143 Å². The quantitative estimate of drug-likeness (QED) is 0.0231. The van der Waals surface area contributed by atoms with Crippen LogP contribution in [0.3, 0.4) is 0 Å². The fourth-order valence-corrected chi connectivity index (χ4v) is 14.1. The van der Waals surface area contributed by atoms with Crippen LogP contribution >= 0.6 is 11.8 Å². The number of rotatable bonds is 36. The van der Waals surface area contributed by atoms with Gasteiger partial charge in [-0.25, -0.2) is 0 Å². The van der Waals surface area contributed by atoms with Crippen LogP contribution in [0.5, 0.6) is 5.75 Å². The van der Waals surface area contributed by atoms with Crippen molar-refractivity contribution in [3.05, 3.63) is 35.2 Å². The van der Waals surface area contributed by atoms with Gasteiger partial charge in [0.05, 0.1) is 165 Å². The molecule has 570 valence electrons. The normalized spacial score (nSPS) is 24.2. The monoisotopic (exact) mass is 1480 g/mol. The molecule has 2 bridgehead atoms. The van der Waals surface area contributed by atoms with Crippen molar-refractivity contribution in [3.63, 3.8) is 0 Å². The molecule has 1 aromatic carbocycles. The molecule has 0 aliphatic carbocycles. The number of nitrogens with two attached hydrogens (primary N) is 2. The predicted molar refractivity (Wildman–Crippen MR) is 367 cm³/mol. The number of hydrogen-bond donors (Lipinski definition) is 13. The van der Waals surface area contributed by atoms with Crippen LogP contribution in [-0.2, 0) is 109 Å². The first kappa shape index (κ1) is 83.7. The zero-order valence-corrected chi connectivity index (χ0v) is 59.8. The maximum atomic E-state index is 15.3. The molecule has 0 radical (unpaired) electrons. The van der Waals surface area contributed by atoms with Crippen LogP contribution in [0.25, 0.3) is 10.9 Å². The number of aromatic amines is 1. The molecule has 12 atom stereocenters. The minimum absolute atomic E-state index is 0.0531. The first-order valence-electron chi connectivity index (χ1n) is 34.3. The number of ketones is 2. The summed E-state index contributed by atoms with van der Waals surface area (Å²) < 4.78 is 54.4. The van der Waals surface area contributed by atoms with E-state index in [4.69, 9.17) is 44.6 Å². The molecule has 6 rings (SSSR count). The molecule has 0 saturated carbocycles. The lowest BCUT2D eigenvalue weighted by atomic mass is 9.85. The number of phenolic OH excluding ortho intramolecular Hbond substituents is 1. The summed E-state index contributed by atoms with van der Waals surface area (Å²) in [4.78, 5) is 157. The van der Waals surface area contributed by atoms with E-state index < -0.39 is 188 Å². The van der Waals surface area contributed by atoms with Gasteiger partial charge >= 0.3 is 0 Å². The second-order valence-electron chi connectivity index (χ2n) is 25.5. The fourth-order valence-electron chi connectivity index (χ4n) is 11.8. The number of amides is 9. The molecule has 0 spiro atoms. The number of carbonyl (C=O) groups is 11. The summed E-state index contributed by atoms with van der Waals surface area (Å²) in [5.41, 5.74) is 12.6. The number of fused-ring (bicyclic) bond motifs is 5. The Morgan fingerprint density at radius 1 is 0.765 bits per heavy atom. The van der Waals surface area contributed by atoms with Gasteiger partial charge in [-0.2, -0.15) is 11.8 Å². The standard InChI is InChI=1S/C66H101N11O23S2/c1-5-38(2)46-27-43(79)31-70-60(87)41-25-47-45-6-7-52(81)48(36-101-23-22-100-21-20-99-19-18-98-17-16-97-15-14-96-13-12-95-11-10-94-9-8-69-30-42(67)33-77-57(86)24-39(3)65(77)91)59(45)75-64(47)102(93)37-50(72-56(85)32-71-61(46)88)62(89)73-49(29-55(68)84)66(92)76-34-44(80)28-51(76)63(90)74-58(53(82)26-41)40(4)54(83)35-78/h6-7,30,38-41,44,46,49-51,54,58,69,75,78,80-81,83H,5,8-29,31-37,67H2,1-4H3,(H2,68,84)(H,70,87)(H,71,88)(H,72,85)(H,73,89)(H,74,90)/b42-30-/t38-,39?,40-,41+,44+,46-,49-,50+,51-,54-,58-,102?/m0/s1. The van der Waals surface area contributed by atoms with Gasteiger partial charge in [-0.05, 0) is 30.0 Å². The number of nitrogens with zero attached hydrogens (tertiary/aromatic N) is 2. The Morgan fingerprint density at radius 3 is 1.96 bits per heavy atom. The number of carbonyl (C=O) groups excluding carboxylic acids is 11. The van der Waals surface area contributed by atoms with Gasteiger partial charge in [-0.3, -0.25) is 61.8 Å². The minimum atomic E-state index is -2.45. The third-order valence-corrected chi connectivity index (χ3v) is 20.2. The largest absolute Gasteiger partial charge is 0.508 e. The first-order chi connectivity index (χ1) is 48.8. The molecule has 36 heteroatoms. The Bertz CT molecular complexity index is 3250. The zero-order chi connectivity index (χ0) is 74.4. The third kappa shape index (κ3) is 25.9. The zero-order valence-electron chi connectivity index (χ0n) is 58.2. The summed E-state index contributed by atoms with van der Waals surface area (Å²) in [6.45, 7) is 9.03. The molecular weight excluding hydrogens is 1380 g/mol. The lowest BCUT2D eigenvalue weighted by Gasteiger charge is -2.32. The summed E-state index contributed by atoms with van der Waals surface area (Å²) in [6, 6.07) is -4.16. The van der Waals surface area contributed by atoms with Gasteiger partial charge in [0, 0.05) is 96.8 Å². The number of aromatic nitrogens is 1. The van der Waals surface area contributed by atoms with Gasteiger partial charge in [0.1, 0.15) is 28.9 Å². The van der Waals surface area contributed by atoms with Crippen LogP contribution in [0.15, 0.2) is 29.1 Å². The molecular formula is C66H101N11O23S2. The lowest BCUT2D eigenvalue weighted by molar-refractivity contribution is -0.144. The second kappa shape index (κ2) is 43.1. The van der Waals surface area contributed by atoms with Crippen molar-refractivity contribution in [1.82, 2.24) is 46.7 Å². The maximum Gasteiger partial charge on any atom is 0.246 e. The lowest BCUT2D eigenvalue weighted by Crippen LogP contribution is -2.60. The number of Topliss-reactive ketones (excluding diaryl/α,β-unsaturated/α-hetero) is 2. The summed E-state index contributed by atoms with van der Waals surface area (Å²) in [5, 5.41) is 59.1. The highest BCUT2D eigenvalue weighted by Crippen LogP contribution is 2.37. The Morgan fingerprint density at radius 2 is 1.37 bits per heavy atom. The molecule has 2 saturated heterocycles. The van der Waals surface area contributed by atoms with Gasteiger partial charge in [-0.15, -0.1) is 0 Å². The first-order valence-corrected chi connectivity index (χ1v) is 36.7. The van der Waals surface area contributed by atoms with Crippen LogP contribution in [-0.4, -0.2) is 284 Å². The predicted octanol–water partition coefficient (Wildman–Crippen LogP) is -3.60. The number of H-pyrrole nitrogens is 1. The average molecular weight is 1480 g/mol. The number of likely N-dealkylation sites (tertiary alicyclic amines) is 1. The molecule has 4 aliphatic rings. The van der Waals surface area contributed by atoms with Gasteiger partial charge in [-0.1, -0.05) is 34.1 Å². The summed E-state index contributed by atoms with van der Waals surface area (Å²) in [7, 11) is -2.45. The van der Waals surface area contributed by atoms with Crippen molar-refractivity contribution in [3.8, 4) is 5.75 Å². The molecule has 102 heavy (non-hydrogen) atoms. The smallest absolute Gasteiger partial charge is 0.246 e. The number of primary amides is 1. The summed E-state index contributed by atoms with van der Waals surface area (Å²) >= 11 is 1.36. The van der Waals surface area contributed by atoms with Crippen molar-refractivity contribution >= 4 is 98.2 Å². The molecule has 1 aromatic heterocycles. The molecule has 34 nitrogen and oxygen atoms in total. The Labute approximate surface area is 598 Å². The molecule has 5 heterocycles. The van der Waals surface area contributed by atoms with E-state index in [1.54, 1.807) is 27.0 Å². The van der Waals surface area contributed by atoms with Gasteiger partial charge in [0.15, 0.2) is 11.6 Å². The Hall–Kier alpha value is -7.23. The molecule has 4 aliphatic heterocycles. The van der Waals surface area contributed by atoms with E-state index in [1.807, 2.05) is 0 Å². The number of ether oxygens (including phenoxy) is 7. The Kier molecular flexibility index (Phi) is 35.4.